The summed E-state index contributed by atoms with van der Waals surface area (Å²) < 4.78 is 0. The van der Waals surface area contributed by atoms with Gasteiger partial charge in [0, 0.05) is 6.42 Å². The summed E-state index contributed by atoms with van der Waals surface area (Å²) in [5.74, 6) is -1.69. The molecule has 0 bridgehead atoms. The zero-order valence-electron chi connectivity index (χ0n) is 11.9. The summed E-state index contributed by atoms with van der Waals surface area (Å²) in [6.45, 7) is -0.246. The normalized spacial score (nSPS) is 26.0. The molecule has 22 heavy (non-hydrogen) atoms. The van der Waals surface area contributed by atoms with Gasteiger partial charge in [0.25, 0.3) is 5.91 Å². The molecule has 0 aliphatic carbocycles. The first-order valence-corrected chi connectivity index (χ1v) is 6.93. The van der Waals surface area contributed by atoms with Gasteiger partial charge in [0.1, 0.15) is 18.2 Å². The first-order valence-electron chi connectivity index (χ1n) is 6.93. The zero-order chi connectivity index (χ0) is 16.3. The van der Waals surface area contributed by atoms with E-state index in [9.17, 15) is 24.9 Å². The van der Waals surface area contributed by atoms with Crippen LogP contribution in [0.15, 0.2) is 30.3 Å². The minimum Gasteiger partial charge on any atom is -0.388 e. The molecule has 0 aromatic heterocycles. The minimum absolute atomic E-state index is 0.246. The van der Waals surface area contributed by atoms with Crippen LogP contribution in [0.25, 0.3) is 0 Å². The third-order valence-electron chi connectivity index (χ3n) is 3.68. The molecule has 1 saturated heterocycles. The van der Waals surface area contributed by atoms with E-state index in [1.807, 2.05) is 30.3 Å². The van der Waals surface area contributed by atoms with Gasteiger partial charge in [-0.2, -0.15) is 0 Å². The number of primary amides is 1. The Morgan fingerprint density at radius 1 is 1.32 bits per heavy atom. The van der Waals surface area contributed by atoms with Gasteiger partial charge in [-0.1, -0.05) is 30.3 Å². The van der Waals surface area contributed by atoms with Gasteiger partial charge >= 0.3 is 0 Å². The Morgan fingerprint density at radius 3 is 2.55 bits per heavy atom. The predicted octanol–water partition coefficient (Wildman–Crippen LogP) is -1.79. The number of amides is 2. The van der Waals surface area contributed by atoms with Crippen molar-refractivity contribution in [3.63, 3.8) is 0 Å². The van der Waals surface area contributed by atoms with Gasteiger partial charge < -0.3 is 26.0 Å². The summed E-state index contributed by atoms with van der Waals surface area (Å²) in [6.07, 6.45) is -2.38. The summed E-state index contributed by atoms with van der Waals surface area (Å²) in [5, 5.41) is 29.2. The molecule has 7 nitrogen and oxygen atoms in total. The molecule has 0 saturated carbocycles. The minimum atomic E-state index is -1.44. The predicted molar refractivity (Wildman–Crippen MR) is 77.2 cm³/mol. The van der Waals surface area contributed by atoms with Crippen molar-refractivity contribution in [1.82, 2.24) is 4.90 Å². The Morgan fingerprint density at radius 2 is 1.95 bits per heavy atom. The molecule has 1 aliphatic rings. The highest BCUT2D eigenvalue weighted by molar-refractivity contribution is 5.90. The number of benzene rings is 1. The summed E-state index contributed by atoms with van der Waals surface area (Å²) in [5.41, 5.74) is 6.07. The summed E-state index contributed by atoms with van der Waals surface area (Å²) in [4.78, 5) is 24.4. The molecule has 7 heteroatoms. The number of aliphatic hydroxyl groups is 3. The lowest BCUT2D eigenvalue weighted by atomic mass is 10.1. The SMILES string of the molecule is NC(=O)C1[C@@H](O)[C@H](O)CN1C(=O)C(O)[CH]Cc1ccccc1. The van der Waals surface area contributed by atoms with Gasteiger partial charge in [-0.3, -0.25) is 9.59 Å². The average Bonchev–Trinajstić information content (AvgIpc) is 2.80. The van der Waals surface area contributed by atoms with Crippen molar-refractivity contribution in [3.05, 3.63) is 42.3 Å². The lowest BCUT2D eigenvalue weighted by Crippen LogP contribution is -2.51. The van der Waals surface area contributed by atoms with Crippen LogP contribution in [0.1, 0.15) is 5.56 Å². The number of hydrogen-bond donors (Lipinski definition) is 4. The first kappa shape index (κ1) is 16.4. The van der Waals surface area contributed by atoms with Gasteiger partial charge in [-0.15, -0.1) is 0 Å². The van der Waals surface area contributed by atoms with Crippen LogP contribution in [0.3, 0.4) is 0 Å². The van der Waals surface area contributed by atoms with E-state index >= 15 is 0 Å². The van der Waals surface area contributed by atoms with Crippen molar-refractivity contribution >= 4 is 11.8 Å². The van der Waals surface area contributed by atoms with Crippen molar-refractivity contribution in [1.29, 1.82) is 0 Å². The molecule has 1 aliphatic heterocycles. The number of carbonyl (C=O) groups excluding carboxylic acids is 2. The maximum Gasteiger partial charge on any atom is 0.252 e. The Labute approximate surface area is 128 Å². The Bertz CT molecular complexity index is 536. The molecule has 0 spiro atoms. The first-order chi connectivity index (χ1) is 10.4. The van der Waals surface area contributed by atoms with E-state index in [0.717, 1.165) is 10.5 Å². The molecule has 4 atom stereocenters. The fraction of sp³-hybridized carbons (Fsp3) is 0.400. The van der Waals surface area contributed by atoms with Crippen LogP contribution in [0, 0.1) is 6.42 Å². The number of rotatable bonds is 5. The second kappa shape index (κ2) is 6.87. The van der Waals surface area contributed by atoms with Crippen molar-refractivity contribution in [2.24, 2.45) is 5.73 Å². The molecule has 1 radical (unpaired) electrons. The fourth-order valence-corrected chi connectivity index (χ4v) is 2.50. The monoisotopic (exact) mass is 307 g/mol. The Balaban J connectivity index is 1.99. The van der Waals surface area contributed by atoms with Crippen LogP contribution in [0.2, 0.25) is 0 Å². The lowest BCUT2D eigenvalue weighted by molar-refractivity contribution is -0.144. The molecule has 2 rings (SSSR count). The highest BCUT2D eigenvalue weighted by atomic mass is 16.3. The van der Waals surface area contributed by atoms with E-state index in [4.69, 9.17) is 5.73 Å². The number of likely N-dealkylation sites (tertiary alicyclic amines) is 1. The van der Waals surface area contributed by atoms with Crippen molar-refractivity contribution in [3.8, 4) is 0 Å². The molecule has 2 unspecified atom stereocenters. The number of carbonyl (C=O) groups is 2. The topological polar surface area (TPSA) is 124 Å². The van der Waals surface area contributed by atoms with Gasteiger partial charge in [-0.05, 0) is 12.0 Å². The van der Waals surface area contributed by atoms with Crippen molar-refractivity contribution in [2.45, 2.75) is 30.8 Å². The van der Waals surface area contributed by atoms with Crippen LogP contribution < -0.4 is 5.73 Å². The van der Waals surface area contributed by atoms with Crippen LogP contribution in [0.5, 0.6) is 0 Å². The summed E-state index contributed by atoms with van der Waals surface area (Å²) >= 11 is 0. The second-order valence-corrected chi connectivity index (χ2v) is 5.27. The van der Waals surface area contributed by atoms with Crippen LogP contribution in [-0.4, -0.2) is 62.9 Å². The summed E-state index contributed by atoms with van der Waals surface area (Å²) in [6, 6.07) is 7.91. The van der Waals surface area contributed by atoms with Gasteiger partial charge in [0.2, 0.25) is 5.91 Å². The van der Waals surface area contributed by atoms with E-state index in [-0.39, 0.29) is 6.54 Å². The van der Waals surface area contributed by atoms with Crippen LogP contribution in [0.4, 0.5) is 0 Å². The molecule has 1 fully saturated rings. The third-order valence-corrected chi connectivity index (χ3v) is 3.68. The molecule has 1 heterocycles. The Hall–Kier alpha value is -1.96. The van der Waals surface area contributed by atoms with Crippen molar-refractivity contribution in [2.75, 3.05) is 6.54 Å². The van der Waals surface area contributed by atoms with E-state index in [2.05, 4.69) is 0 Å². The Kier molecular flexibility index (Phi) is 5.12. The van der Waals surface area contributed by atoms with E-state index < -0.39 is 36.2 Å². The highest BCUT2D eigenvalue weighted by Gasteiger charge is 2.46. The maximum atomic E-state index is 12.2. The number of nitrogens with two attached hydrogens (primary N) is 1. The van der Waals surface area contributed by atoms with Crippen LogP contribution >= 0.6 is 0 Å². The maximum absolute atomic E-state index is 12.2. The molecule has 119 valence electrons. The smallest absolute Gasteiger partial charge is 0.252 e. The van der Waals surface area contributed by atoms with E-state index in [1.165, 1.54) is 6.42 Å². The second-order valence-electron chi connectivity index (χ2n) is 5.27. The third kappa shape index (κ3) is 3.44. The average molecular weight is 307 g/mol. The lowest BCUT2D eigenvalue weighted by Gasteiger charge is -2.25. The number of hydrogen-bond acceptors (Lipinski definition) is 5. The fourth-order valence-electron chi connectivity index (χ4n) is 2.50. The number of nitrogens with zero attached hydrogens (tertiary/aromatic N) is 1. The molecule has 1 aromatic carbocycles. The molecule has 1 aromatic rings. The summed E-state index contributed by atoms with van der Waals surface area (Å²) in [7, 11) is 0. The van der Waals surface area contributed by atoms with Crippen LogP contribution in [-0.2, 0) is 16.0 Å². The van der Waals surface area contributed by atoms with E-state index in [0.29, 0.717) is 6.42 Å². The standard InChI is InChI=1S/C15H19N2O5/c16-14(21)12-13(20)11(19)8-17(12)15(22)10(18)7-6-9-4-2-1-3-5-9/h1-5,7,10-13,18-20H,6,8H2,(H2,16,21)/t10?,11-,12?,13+/m1/s1. The van der Waals surface area contributed by atoms with Gasteiger partial charge in [0.15, 0.2) is 0 Å². The quantitative estimate of drug-likeness (QED) is 0.511. The largest absolute Gasteiger partial charge is 0.388 e. The van der Waals surface area contributed by atoms with Crippen molar-refractivity contribution < 1.29 is 24.9 Å². The van der Waals surface area contributed by atoms with Gasteiger partial charge in [-0.25, -0.2) is 0 Å². The number of aliphatic hydroxyl groups excluding tert-OH is 3. The molecule has 5 N–H and O–H groups in total. The zero-order valence-corrected chi connectivity index (χ0v) is 11.9. The molecular formula is C15H19N2O5. The van der Waals surface area contributed by atoms with Gasteiger partial charge in [0.05, 0.1) is 12.6 Å². The van der Waals surface area contributed by atoms with E-state index in [1.54, 1.807) is 0 Å². The molecular weight excluding hydrogens is 288 g/mol. The highest BCUT2D eigenvalue weighted by Crippen LogP contribution is 2.20. The number of β-amino-alcohol motifs (C(OH)–C–C–N with tert-alkyl or cyclic N) is 1. The molecule has 2 amide bonds.